The Hall–Kier alpha value is -1.78. The summed E-state index contributed by atoms with van der Waals surface area (Å²) in [5, 5.41) is 0. The SMILES string of the molecule is CCOC(=O)c1cc(COC(C)=O)c(C)[nH]1. The average Bonchev–Trinajstić information content (AvgIpc) is 2.57. The summed E-state index contributed by atoms with van der Waals surface area (Å²) in [6, 6.07) is 1.64. The number of hydrogen-bond donors (Lipinski definition) is 1. The molecule has 5 nitrogen and oxygen atoms in total. The lowest BCUT2D eigenvalue weighted by molar-refractivity contribution is -0.142. The summed E-state index contributed by atoms with van der Waals surface area (Å²) in [7, 11) is 0. The molecule has 1 aromatic heterocycles. The van der Waals surface area contributed by atoms with Gasteiger partial charge in [0.15, 0.2) is 0 Å². The predicted octanol–water partition coefficient (Wildman–Crippen LogP) is 1.56. The first-order chi connectivity index (χ1) is 7.54. The summed E-state index contributed by atoms with van der Waals surface area (Å²) in [5.41, 5.74) is 1.95. The van der Waals surface area contributed by atoms with Gasteiger partial charge in [-0.3, -0.25) is 4.79 Å². The molecule has 1 aromatic rings. The van der Waals surface area contributed by atoms with Crippen molar-refractivity contribution in [3.05, 3.63) is 23.0 Å². The van der Waals surface area contributed by atoms with Crippen LogP contribution in [0.5, 0.6) is 0 Å². The summed E-state index contributed by atoms with van der Waals surface area (Å²) in [6.45, 7) is 5.39. The van der Waals surface area contributed by atoms with Crippen LogP contribution in [-0.4, -0.2) is 23.5 Å². The van der Waals surface area contributed by atoms with Gasteiger partial charge in [0, 0.05) is 18.2 Å². The van der Waals surface area contributed by atoms with Crippen LogP contribution in [-0.2, 0) is 20.9 Å². The molecular formula is C11H15NO4. The molecule has 0 saturated heterocycles. The number of aromatic nitrogens is 1. The Morgan fingerprint density at radius 3 is 2.62 bits per heavy atom. The molecule has 0 aliphatic rings. The maximum absolute atomic E-state index is 11.4. The summed E-state index contributed by atoms with van der Waals surface area (Å²) in [4.78, 5) is 24.9. The lowest BCUT2D eigenvalue weighted by Crippen LogP contribution is -2.04. The van der Waals surface area contributed by atoms with E-state index in [1.807, 2.05) is 6.92 Å². The van der Waals surface area contributed by atoms with E-state index in [2.05, 4.69) is 4.98 Å². The van der Waals surface area contributed by atoms with E-state index in [9.17, 15) is 9.59 Å². The minimum atomic E-state index is -0.403. The van der Waals surface area contributed by atoms with Crippen LogP contribution >= 0.6 is 0 Å². The fourth-order valence-corrected chi connectivity index (χ4v) is 1.25. The Morgan fingerprint density at radius 1 is 1.38 bits per heavy atom. The molecule has 0 bridgehead atoms. The fraction of sp³-hybridized carbons (Fsp3) is 0.455. The van der Waals surface area contributed by atoms with E-state index in [1.54, 1.807) is 13.0 Å². The van der Waals surface area contributed by atoms with Crippen LogP contribution in [0.4, 0.5) is 0 Å². The number of esters is 2. The van der Waals surface area contributed by atoms with Crippen molar-refractivity contribution in [1.82, 2.24) is 4.98 Å². The van der Waals surface area contributed by atoms with E-state index in [-0.39, 0.29) is 12.6 Å². The van der Waals surface area contributed by atoms with Crippen molar-refractivity contribution in [3.63, 3.8) is 0 Å². The van der Waals surface area contributed by atoms with Gasteiger partial charge in [-0.25, -0.2) is 4.79 Å². The molecule has 0 aliphatic heterocycles. The molecule has 0 radical (unpaired) electrons. The van der Waals surface area contributed by atoms with Gasteiger partial charge in [-0.2, -0.15) is 0 Å². The zero-order valence-electron chi connectivity index (χ0n) is 9.62. The second-order valence-corrected chi connectivity index (χ2v) is 3.33. The highest BCUT2D eigenvalue weighted by Crippen LogP contribution is 2.12. The van der Waals surface area contributed by atoms with E-state index >= 15 is 0 Å². The van der Waals surface area contributed by atoms with Crippen LogP contribution in [0.1, 0.15) is 35.6 Å². The van der Waals surface area contributed by atoms with Gasteiger partial charge in [0.25, 0.3) is 0 Å². The molecule has 0 aromatic carbocycles. The van der Waals surface area contributed by atoms with Gasteiger partial charge in [0.1, 0.15) is 12.3 Å². The highest BCUT2D eigenvalue weighted by Gasteiger charge is 2.12. The largest absolute Gasteiger partial charge is 0.461 e. The first-order valence-electron chi connectivity index (χ1n) is 5.03. The summed E-state index contributed by atoms with van der Waals surface area (Å²) in [5.74, 6) is -0.752. The number of aryl methyl sites for hydroxylation is 1. The third-order valence-electron chi connectivity index (χ3n) is 2.05. The third-order valence-corrected chi connectivity index (χ3v) is 2.05. The lowest BCUT2D eigenvalue weighted by Gasteiger charge is -1.99. The van der Waals surface area contributed by atoms with Gasteiger partial charge >= 0.3 is 11.9 Å². The second kappa shape index (κ2) is 5.34. The molecule has 0 unspecified atom stereocenters. The Labute approximate surface area is 93.7 Å². The first-order valence-corrected chi connectivity index (χ1v) is 5.03. The van der Waals surface area contributed by atoms with Gasteiger partial charge in [0.05, 0.1) is 6.61 Å². The zero-order valence-corrected chi connectivity index (χ0v) is 9.62. The first kappa shape index (κ1) is 12.3. The van der Waals surface area contributed by atoms with Crippen molar-refractivity contribution >= 4 is 11.9 Å². The molecule has 1 rings (SSSR count). The van der Waals surface area contributed by atoms with Crippen molar-refractivity contribution in [2.45, 2.75) is 27.4 Å². The normalized spacial score (nSPS) is 9.94. The maximum atomic E-state index is 11.4. The highest BCUT2D eigenvalue weighted by atomic mass is 16.5. The maximum Gasteiger partial charge on any atom is 0.354 e. The number of rotatable bonds is 4. The van der Waals surface area contributed by atoms with Gasteiger partial charge in [-0.1, -0.05) is 0 Å². The van der Waals surface area contributed by atoms with Crippen LogP contribution in [0.2, 0.25) is 0 Å². The summed E-state index contributed by atoms with van der Waals surface area (Å²) in [6.07, 6.45) is 0. The molecular weight excluding hydrogens is 210 g/mol. The van der Waals surface area contributed by atoms with Gasteiger partial charge in [0.2, 0.25) is 0 Å². The number of carbonyl (C=O) groups excluding carboxylic acids is 2. The Morgan fingerprint density at radius 2 is 2.06 bits per heavy atom. The second-order valence-electron chi connectivity index (χ2n) is 3.33. The predicted molar refractivity (Wildman–Crippen MR) is 57.0 cm³/mol. The number of hydrogen-bond acceptors (Lipinski definition) is 4. The molecule has 88 valence electrons. The van der Waals surface area contributed by atoms with Crippen LogP contribution in [0.3, 0.4) is 0 Å². The standard InChI is InChI=1S/C11H15NO4/c1-4-15-11(14)10-5-9(7(2)12-10)6-16-8(3)13/h5,12H,4,6H2,1-3H3. The molecule has 0 saturated carbocycles. The molecule has 1 N–H and O–H groups in total. The molecule has 1 heterocycles. The van der Waals surface area contributed by atoms with E-state index < -0.39 is 5.97 Å². The van der Waals surface area contributed by atoms with E-state index in [0.29, 0.717) is 12.3 Å². The molecule has 16 heavy (non-hydrogen) atoms. The zero-order chi connectivity index (χ0) is 12.1. The van der Waals surface area contributed by atoms with E-state index in [0.717, 1.165) is 11.3 Å². The summed E-state index contributed by atoms with van der Waals surface area (Å²) < 4.78 is 9.69. The Balaban J connectivity index is 2.73. The fourth-order valence-electron chi connectivity index (χ4n) is 1.25. The monoisotopic (exact) mass is 225 g/mol. The van der Waals surface area contributed by atoms with Crippen molar-refractivity contribution < 1.29 is 19.1 Å². The quantitative estimate of drug-likeness (QED) is 0.789. The number of nitrogens with one attached hydrogen (secondary N) is 1. The molecule has 0 fully saturated rings. The van der Waals surface area contributed by atoms with Gasteiger partial charge in [-0.05, 0) is 19.9 Å². The molecule has 0 aliphatic carbocycles. The van der Waals surface area contributed by atoms with Crippen molar-refractivity contribution in [2.24, 2.45) is 0 Å². The summed E-state index contributed by atoms with van der Waals surface area (Å²) >= 11 is 0. The van der Waals surface area contributed by atoms with Crippen LogP contribution in [0.25, 0.3) is 0 Å². The molecule has 0 amide bonds. The van der Waals surface area contributed by atoms with E-state index in [4.69, 9.17) is 9.47 Å². The van der Waals surface area contributed by atoms with E-state index in [1.165, 1.54) is 6.92 Å². The van der Waals surface area contributed by atoms with Crippen LogP contribution in [0, 0.1) is 6.92 Å². The smallest absolute Gasteiger partial charge is 0.354 e. The Kier molecular flexibility index (Phi) is 4.10. The molecule has 0 atom stereocenters. The van der Waals surface area contributed by atoms with Crippen LogP contribution in [0.15, 0.2) is 6.07 Å². The minimum Gasteiger partial charge on any atom is -0.461 e. The average molecular weight is 225 g/mol. The number of ether oxygens (including phenoxy) is 2. The van der Waals surface area contributed by atoms with Crippen molar-refractivity contribution in [1.29, 1.82) is 0 Å². The Bertz CT molecular complexity index is 395. The third kappa shape index (κ3) is 3.12. The molecule has 5 heteroatoms. The molecule has 0 spiro atoms. The lowest BCUT2D eigenvalue weighted by atomic mass is 10.2. The van der Waals surface area contributed by atoms with Crippen molar-refractivity contribution in [3.8, 4) is 0 Å². The highest BCUT2D eigenvalue weighted by molar-refractivity contribution is 5.87. The van der Waals surface area contributed by atoms with Gasteiger partial charge < -0.3 is 14.5 Å². The number of aromatic amines is 1. The topological polar surface area (TPSA) is 68.4 Å². The minimum absolute atomic E-state index is 0.164. The number of H-pyrrole nitrogens is 1. The van der Waals surface area contributed by atoms with Crippen LogP contribution < -0.4 is 0 Å². The van der Waals surface area contributed by atoms with Gasteiger partial charge in [-0.15, -0.1) is 0 Å². The van der Waals surface area contributed by atoms with Crippen molar-refractivity contribution in [2.75, 3.05) is 6.61 Å². The number of carbonyl (C=O) groups is 2.